The van der Waals surface area contributed by atoms with Crippen LogP contribution in [-0.4, -0.2) is 16.1 Å². The van der Waals surface area contributed by atoms with Gasteiger partial charge in [0.25, 0.3) is 0 Å². The Hall–Kier alpha value is -0.970. The van der Waals surface area contributed by atoms with Crippen LogP contribution in [0.15, 0.2) is 18.2 Å². The fourth-order valence-corrected chi connectivity index (χ4v) is 2.46. The first kappa shape index (κ1) is 9.58. The van der Waals surface area contributed by atoms with Crippen LogP contribution in [0.3, 0.4) is 0 Å². The molecule has 1 heterocycles. The Balaban J connectivity index is 2.65. The van der Waals surface area contributed by atoms with E-state index in [1.54, 1.807) is 0 Å². The standard InChI is InChI=1S/C10H12N2OS/c1-6-7-3-2-4-8(9(11)5-13)10(7)14-12-6/h2-4,9,13H,5,11H2,1H3. The van der Waals surface area contributed by atoms with Gasteiger partial charge in [-0.2, -0.15) is 4.37 Å². The van der Waals surface area contributed by atoms with Crippen LogP contribution in [-0.2, 0) is 0 Å². The van der Waals surface area contributed by atoms with E-state index in [-0.39, 0.29) is 12.6 Å². The highest BCUT2D eigenvalue weighted by atomic mass is 32.1. The normalized spacial score (nSPS) is 13.4. The lowest BCUT2D eigenvalue weighted by molar-refractivity contribution is 0.268. The van der Waals surface area contributed by atoms with Crippen molar-refractivity contribution in [3.05, 3.63) is 29.5 Å². The molecule has 3 nitrogen and oxygen atoms in total. The summed E-state index contributed by atoms with van der Waals surface area (Å²) in [4.78, 5) is 0. The Morgan fingerprint density at radius 3 is 3.07 bits per heavy atom. The van der Waals surface area contributed by atoms with Crippen molar-refractivity contribution in [3.8, 4) is 0 Å². The lowest BCUT2D eigenvalue weighted by Gasteiger charge is -2.08. The van der Waals surface area contributed by atoms with E-state index in [9.17, 15) is 0 Å². The van der Waals surface area contributed by atoms with Gasteiger partial charge in [0.1, 0.15) is 0 Å². The molecule has 0 bridgehead atoms. The van der Waals surface area contributed by atoms with Crippen LogP contribution >= 0.6 is 11.5 Å². The highest BCUT2D eigenvalue weighted by Gasteiger charge is 2.11. The minimum absolute atomic E-state index is 0.0317. The summed E-state index contributed by atoms with van der Waals surface area (Å²) in [5.74, 6) is 0. The highest BCUT2D eigenvalue weighted by Crippen LogP contribution is 2.28. The molecule has 1 aromatic heterocycles. The number of benzene rings is 1. The van der Waals surface area contributed by atoms with Crippen LogP contribution in [0, 0.1) is 6.92 Å². The van der Waals surface area contributed by atoms with Crippen molar-refractivity contribution in [1.29, 1.82) is 0 Å². The van der Waals surface area contributed by atoms with Gasteiger partial charge in [-0.05, 0) is 24.0 Å². The molecule has 0 aliphatic heterocycles. The van der Waals surface area contributed by atoms with Crippen LogP contribution in [0.5, 0.6) is 0 Å². The van der Waals surface area contributed by atoms with E-state index in [4.69, 9.17) is 10.8 Å². The Morgan fingerprint density at radius 1 is 1.57 bits per heavy atom. The maximum absolute atomic E-state index is 9.01. The molecular weight excluding hydrogens is 196 g/mol. The van der Waals surface area contributed by atoms with E-state index in [1.165, 1.54) is 11.5 Å². The molecule has 4 heteroatoms. The minimum Gasteiger partial charge on any atom is -0.394 e. The first-order chi connectivity index (χ1) is 6.74. The van der Waals surface area contributed by atoms with Gasteiger partial charge in [-0.3, -0.25) is 0 Å². The number of rotatable bonds is 2. The molecule has 0 saturated carbocycles. The first-order valence-electron chi connectivity index (χ1n) is 4.45. The zero-order chi connectivity index (χ0) is 10.1. The summed E-state index contributed by atoms with van der Waals surface area (Å²) in [6, 6.07) is 5.62. The molecule has 2 rings (SSSR count). The third-order valence-corrected chi connectivity index (χ3v) is 3.31. The van der Waals surface area contributed by atoms with Gasteiger partial charge in [0.2, 0.25) is 0 Å². The monoisotopic (exact) mass is 208 g/mol. The minimum atomic E-state index is -0.307. The van der Waals surface area contributed by atoms with Crippen LogP contribution in [0.25, 0.3) is 10.1 Å². The number of aliphatic hydroxyl groups is 1. The molecule has 0 aliphatic carbocycles. The second-order valence-corrected chi connectivity index (χ2v) is 4.05. The van der Waals surface area contributed by atoms with Gasteiger partial charge in [0.15, 0.2) is 0 Å². The number of fused-ring (bicyclic) bond motifs is 1. The van der Waals surface area contributed by atoms with Crippen LogP contribution in [0.4, 0.5) is 0 Å². The van der Waals surface area contributed by atoms with Crippen molar-refractivity contribution in [2.75, 3.05) is 6.61 Å². The first-order valence-corrected chi connectivity index (χ1v) is 5.22. The molecule has 2 aromatic rings. The average Bonchev–Trinajstić information content (AvgIpc) is 2.59. The summed E-state index contributed by atoms with van der Waals surface area (Å²) in [7, 11) is 0. The molecule has 0 spiro atoms. The van der Waals surface area contributed by atoms with Crippen molar-refractivity contribution in [3.63, 3.8) is 0 Å². The zero-order valence-electron chi connectivity index (χ0n) is 7.90. The van der Waals surface area contributed by atoms with Gasteiger partial charge < -0.3 is 10.8 Å². The predicted molar refractivity (Wildman–Crippen MR) is 58.4 cm³/mol. The summed E-state index contributed by atoms with van der Waals surface area (Å²) >= 11 is 1.44. The number of nitrogens with two attached hydrogens (primary N) is 1. The fourth-order valence-electron chi connectivity index (χ4n) is 1.50. The summed E-state index contributed by atoms with van der Waals surface area (Å²) in [5, 5.41) is 10.1. The zero-order valence-corrected chi connectivity index (χ0v) is 8.71. The third-order valence-electron chi connectivity index (χ3n) is 2.31. The number of aliphatic hydroxyl groups excluding tert-OH is 1. The smallest absolute Gasteiger partial charge is 0.0624 e. The number of nitrogens with zero attached hydrogens (tertiary/aromatic N) is 1. The molecule has 74 valence electrons. The second kappa shape index (κ2) is 3.65. The Morgan fingerprint density at radius 2 is 2.36 bits per heavy atom. The molecule has 0 aliphatic rings. The molecular formula is C10H12N2OS. The number of hydrogen-bond acceptors (Lipinski definition) is 4. The topological polar surface area (TPSA) is 59.1 Å². The Kier molecular flexibility index (Phi) is 2.50. The van der Waals surface area contributed by atoms with Gasteiger partial charge in [0.05, 0.1) is 23.0 Å². The molecule has 1 atom stereocenters. The summed E-state index contributed by atoms with van der Waals surface area (Å²) < 4.78 is 5.37. The van der Waals surface area contributed by atoms with E-state index >= 15 is 0 Å². The lowest BCUT2D eigenvalue weighted by atomic mass is 10.1. The van der Waals surface area contributed by atoms with E-state index in [2.05, 4.69) is 4.37 Å². The van der Waals surface area contributed by atoms with E-state index in [0.29, 0.717) is 0 Å². The van der Waals surface area contributed by atoms with Gasteiger partial charge >= 0.3 is 0 Å². The molecule has 14 heavy (non-hydrogen) atoms. The summed E-state index contributed by atoms with van der Waals surface area (Å²) in [6.07, 6.45) is 0. The quantitative estimate of drug-likeness (QED) is 0.788. The molecule has 0 saturated heterocycles. The molecule has 1 unspecified atom stereocenters. The lowest BCUT2D eigenvalue weighted by Crippen LogP contribution is -2.14. The van der Waals surface area contributed by atoms with Gasteiger partial charge in [-0.15, -0.1) is 0 Å². The van der Waals surface area contributed by atoms with Gasteiger partial charge in [-0.25, -0.2) is 0 Å². The van der Waals surface area contributed by atoms with Crippen molar-refractivity contribution in [1.82, 2.24) is 4.37 Å². The summed E-state index contributed by atoms with van der Waals surface area (Å²) in [5.41, 5.74) is 7.81. The Bertz CT molecular complexity index is 452. The molecule has 0 amide bonds. The molecule has 0 fully saturated rings. The SMILES string of the molecule is Cc1nsc2c(C(N)CO)cccc12. The highest BCUT2D eigenvalue weighted by molar-refractivity contribution is 7.13. The van der Waals surface area contributed by atoms with E-state index in [1.807, 2.05) is 25.1 Å². The third kappa shape index (κ3) is 1.41. The van der Waals surface area contributed by atoms with Crippen LogP contribution in [0.1, 0.15) is 17.3 Å². The van der Waals surface area contributed by atoms with E-state index in [0.717, 1.165) is 21.3 Å². The number of aryl methyl sites for hydroxylation is 1. The predicted octanol–water partition coefficient (Wildman–Crippen LogP) is 1.60. The van der Waals surface area contributed by atoms with Crippen LogP contribution < -0.4 is 5.73 Å². The van der Waals surface area contributed by atoms with Crippen molar-refractivity contribution < 1.29 is 5.11 Å². The van der Waals surface area contributed by atoms with Crippen molar-refractivity contribution >= 4 is 21.6 Å². The fraction of sp³-hybridized carbons (Fsp3) is 0.300. The number of aromatic nitrogens is 1. The van der Waals surface area contributed by atoms with Gasteiger partial charge in [0, 0.05) is 5.39 Å². The van der Waals surface area contributed by atoms with Crippen LogP contribution in [0.2, 0.25) is 0 Å². The maximum Gasteiger partial charge on any atom is 0.0624 e. The maximum atomic E-state index is 9.01. The van der Waals surface area contributed by atoms with Gasteiger partial charge in [-0.1, -0.05) is 18.2 Å². The number of hydrogen-bond donors (Lipinski definition) is 2. The summed E-state index contributed by atoms with van der Waals surface area (Å²) in [6.45, 7) is 1.95. The molecule has 3 N–H and O–H groups in total. The van der Waals surface area contributed by atoms with E-state index < -0.39 is 0 Å². The largest absolute Gasteiger partial charge is 0.394 e. The average molecular weight is 208 g/mol. The molecule has 1 aromatic carbocycles. The van der Waals surface area contributed by atoms with Crippen molar-refractivity contribution in [2.24, 2.45) is 5.73 Å². The second-order valence-electron chi connectivity index (χ2n) is 3.28. The van der Waals surface area contributed by atoms with Crippen molar-refractivity contribution in [2.45, 2.75) is 13.0 Å². The Labute approximate surface area is 86.3 Å². The molecule has 0 radical (unpaired) electrons.